The number of hydrogen-bond donors (Lipinski definition) is 1. The standard InChI is InChI=1S/C15H20BrClN2O2/c1-18-12-4-7-19(8-5-12)15(20)6-9-21-14-3-2-11(17)10-13(14)16/h2-3,10,12,18H,4-9H2,1H3. The van der Waals surface area contributed by atoms with Crippen LogP contribution < -0.4 is 10.1 Å². The number of benzene rings is 1. The first-order valence-corrected chi connectivity index (χ1v) is 8.30. The number of ether oxygens (including phenoxy) is 1. The van der Waals surface area contributed by atoms with E-state index in [9.17, 15) is 4.79 Å². The molecule has 0 aromatic heterocycles. The molecular weight excluding hydrogens is 356 g/mol. The van der Waals surface area contributed by atoms with Crippen molar-refractivity contribution in [1.29, 1.82) is 0 Å². The Morgan fingerprint density at radius 1 is 1.48 bits per heavy atom. The van der Waals surface area contributed by atoms with Crippen LogP contribution in [0.2, 0.25) is 5.02 Å². The summed E-state index contributed by atoms with van der Waals surface area (Å²) in [5.74, 6) is 0.871. The summed E-state index contributed by atoms with van der Waals surface area (Å²) in [6, 6.07) is 5.89. The highest BCUT2D eigenvalue weighted by Crippen LogP contribution is 2.28. The Kier molecular flexibility index (Phi) is 6.33. The van der Waals surface area contributed by atoms with Crippen molar-refractivity contribution in [3.8, 4) is 5.75 Å². The van der Waals surface area contributed by atoms with E-state index in [1.54, 1.807) is 18.2 Å². The molecule has 1 fully saturated rings. The number of hydrogen-bond acceptors (Lipinski definition) is 3. The molecule has 0 atom stereocenters. The third kappa shape index (κ3) is 4.87. The zero-order chi connectivity index (χ0) is 15.2. The van der Waals surface area contributed by atoms with Crippen LogP contribution in [0.1, 0.15) is 19.3 Å². The molecule has 1 heterocycles. The van der Waals surface area contributed by atoms with Gasteiger partial charge in [0.1, 0.15) is 5.75 Å². The number of nitrogens with zero attached hydrogens (tertiary/aromatic N) is 1. The van der Waals surface area contributed by atoms with Gasteiger partial charge < -0.3 is 15.0 Å². The van der Waals surface area contributed by atoms with Gasteiger partial charge in [0, 0.05) is 24.2 Å². The maximum Gasteiger partial charge on any atom is 0.225 e. The fraction of sp³-hybridized carbons (Fsp3) is 0.533. The lowest BCUT2D eigenvalue weighted by Crippen LogP contribution is -2.44. The van der Waals surface area contributed by atoms with Crippen LogP contribution in [0.3, 0.4) is 0 Å². The zero-order valence-electron chi connectivity index (χ0n) is 12.1. The lowest BCUT2D eigenvalue weighted by molar-refractivity contribution is -0.132. The van der Waals surface area contributed by atoms with E-state index in [-0.39, 0.29) is 5.91 Å². The van der Waals surface area contributed by atoms with E-state index < -0.39 is 0 Å². The van der Waals surface area contributed by atoms with Crippen molar-refractivity contribution in [2.45, 2.75) is 25.3 Å². The Balaban J connectivity index is 1.74. The van der Waals surface area contributed by atoms with E-state index in [0.29, 0.717) is 29.8 Å². The third-order valence-corrected chi connectivity index (χ3v) is 4.58. The molecule has 1 aromatic carbocycles. The molecule has 0 spiro atoms. The van der Waals surface area contributed by atoms with Gasteiger partial charge in [-0.3, -0.25) is 4.79 Å². The van der Waals surface area contributed by atoms with Gasteiger partial charge in [-0.05, 0) is 54.0 Å². The van der Waals surface area contributed by atoms with E-state index >= 15 is 0 Å². The molecule has 1 aliphatic rings. The maximum absolute atomic E-state index is 12.1. The highest BCUT2D eigenvalue weighted by atomic mass is 79.9. The van der Waals surface area contributed by atoms with Crippen molar-refractivity contribution in [3.05, 3.63) is 27.7 Å². The summed E-state index contributed by atoms with van der Waals surface area (Å²) >= 11 is 9.27. The van der Waals surface area contributed by atoms with Gasteiger partial charge in [-0.25, -0.2) is 0 Å². The van der Waals surface area contributed by atoms with Gasteiger partial charge in [-0.2, -0.15) is 0 Å². The van der Waals surface area contributed by atoms with Gasteiger partial charge in [0.2, 0.25) is 5.91 Å². The molecule has 21 heavy (non-hydrogen) atoms. The Bertz CT molecular complexity index is 491. The highest BCUT2D eigenvalue weighted by Gasteiger charge is 2.21. The Hall–Kier alpha value is -0.780. The predicted molar refractivity (Wildman–Crippen MR) is 87.9 cm³/mol. The second kappa shape index (κ2) is 8.01. The van der Waals surface area contributed by atoms with Crippen LogP contribution in [0, 0.1) is 0 Å². The van der Waals surface area contributed by atoms with Crippen LogP contribution >= 0.6 is 27.5 Å². The number of amides is 1. The second-order valence-electron chi connectivity index (χ2n) is 5.12. The summed E-state index contributed by atoms with van der Waals surface area (Å²) in [4.78, 5) is 14.0. The fourth-order valence-corrected chi connectivity index (χ4v) is 3.21. The number of piperidine rings is 1. The van der Waals surface area contributed by atoms with Crippen molar-refractivity contribution in [3.63, 3.8) is 0 Å². The van der Waals surface area contributed by atoms with Crippen LogP contribution in [0.5, 0.6) is 5.75 Å². The van der Waals surface area contributed by atoms with Crippen LogP contribution in [0.25, 0.3) is 0 Å². The first-order valence-electron chi connectivity index (χ1n) is 7.13. The topological polar surface area (TPSA) is 41.6 Å². The number of carbonyl (C=O) groups is 1. The van der Waals surface area contributed by atoms with Gasteiger partial charge in [0.15, 0.2) is 0 Å². The molecule has 1 amide bonds. The molecule has 2 rings (SSSR count). The van der Waals surface area contributed by atoms with Crippen molar-refractivity contribution >= 4 is 33.4 Å². The number of rotatable bonds is 5. The normalized spacial score (nSPS) is 16.0. The first kappa shape index (κ1) is 16.6. The van der Waals surface area contributed by atoms with Crippen molar-refractivity contribution < 1.29 is 9.53 Å². The summed E-state index contributed by atoms with van der Waals surface area (Å²) in [7, 11) is 1.97. The minimum absolute atomic E-state index is 0.162. The molecule has 116 valence electrons. The fourth-order valence-electron chi connectivity index (χ4n) is 2.42. The minimum atomic E-state index is 0.162. The molecule has 4 nitrogen and oxygen atoms in total. The van der Waals surface area contributed by atoms with Crippen molar-refractivity contribution in [2.75, 3.05) is 26.7 Å². The Morgan fingerprint density at radius 3 is 2.81 bits per heavy atom. The number of nitrogens with one attached hydrogen (secondary N) is 1. The second-order valence-corrected chi connectivity index (χ2v) is 6.41. The molecule has 0 radical (unpaired) electrons. The van der Waals surface area contributed by atoms with Gasteiger partial charge in [-0.1, -0.05) is 11.6 Å². The summed E-state index contributed by atoms with van der Waals surface area (Å²) in [5.41, 5.74) is 0. The molecule has 0 aliphatic carbocycles. The van der Waals surface area contributed by atoms with E-state index in [2.05, 4.69) is 21.2 Å². The average Bonchev–Trinajstić information content (AvgIpc) is 2.49. The monoisotopic (exact) mass is 374 g/mol. The molecule has 1 saturated heterocycles. The Morgan fingerprint density at radius 2 is 2.19 bits per heavy atom. The van der Waals surface area contributed by atoms with E-state index in [4.69, 9.17) is 16.3 Å². The zero-order valence-corrected chi connectivity index (χ0v) is 14.4. The SMILES string of the molecule is CNC1CCN(C(=O)CCOc2ccc(Cl)cc2Br)CC1. The van der Waals surface area contributed by atoms with Crippen LogP contribution in [-0.2, 0) is 4.79 Å². The summed E-state index contributed by atoms with van der Waals surface area (Å²) in [6.07, 6.45) is 2.44. The molecule has 1 N–H and O–H groups in total. The minimum Gasteiger partial charge on any atom is -0.492 e. The quantitative estimate of drug-likeness (QED) is 0.860. The molecule has 0 unspecified atom stereocenters. The van der Waals surface area contributed by atoms with Gasteiger partial charge in [-0.15, -0.1) is 0 Å². The number of likely N-dealkylation sites (tertiary alicyclic amines) is 1. The number of halogens is 2. The third-order valence-electron chi connectivity index (χ3n) is 3.72. The molecule has 1 aliphatic heterocycles. The van der Waals surface area contributed by atoms with E-state index in [0.717, 1.165) is 30.4 Å². The smallest absolute Gasteiger partial charge is 0.225 e. The molecule has 0 saturated carbocycles. The van der Waals surface area contributed by atoms with Gasteiger partial charge >= 0.3 is 0 Å². The van der Waals surface area contributed by atoms with Crippen LogP contribution in [0.15, 0.2) is 22.7 Å². The average molecular weight is 376 g/mol. The van der Waals surface area contributed by atoms with Gasteiger partial charge in [0.05, 0.1) is 17.5 Å². The molecular formula is C15H20BrClN2O2. The lowest BCUT2D eigenvalue weighted by Gasteiger charge is -2.31. The first-order chi connectivity index (χ1) is 10.1. The molecule has 6 heteroatoms. The Labute approximate surface area is 138 Å². The van der Waals surface area contributed by atoms with E-state index in [1.165, 1.54) is 0 Å². The number of carbonyl (C=O) groups excluding carboxylic acids is 1. The maximum atomic E-state index is 12.1. The summed E-state index contributed by atoms with van der Waals surface area (Å²) in [6.45, 7) is 2.04. The lowest BCUT2D eigenvalue weighted by atomic mass is 10.1. The highest BCUT2D eigenvalue weighted by molar-refractivity contribution is 9.10. The predicted octanol–water partition coefficient (Wildman–Crippen LogP) is 3.08. The van der Waals surface area contributed by atoms with Crippen LogP contribution in [-0.4, -0.2) is 43.6 Å². The summed E-state index contributed by atoms with van der Waals surface area (Å²) < 4.78 is 6.43. The van der Waals surface area contributed by atoms with Crippen molar-refractivity contribution in [1.82, 2.24) is 10.2 Å². The van der Waals surface area contributed by atoms with Gasteiger partial charge in [0.25, 0.3) is 0 Å². The largest absolute Gasteiger partial charge is 0.492 e. The van der Waals surface area contributed by atoms with Crippen LogP contribution in [0.4, 0.5) is 0 Å². The van der Waals surface area contributed by atoms with Crippen molar-refractivity contribution in [2.24, 2.45) is 0 Å². The molecule has 1 aromatic rings. The summed E-state index contributed by atoms with van der Waals surface area (Å²) in [5, 5.41) is 3.91. The van der Waals surface area contributed by atoms with E-state index in [1.807, 2.05) is 11.9 Å². The molecule has 0 bridgehead atoms.